The van der Waals surface area contributed by atoms with E-state index in [0.717, 1.165) is 66.6 Å². The second kappa shape index (κ2) is 8.44. The van der Waals surface area contributed by atoms with Gasteiger partial charge in [-0.25, -0.2) is 0 Å². The van der Waals surface area contributed by atoms with Gasteiger partial charge in [-0.15, -0.1) is 0 Å². The number of nitrogens with zero attached hydrogens (tertiary/aromatic N) is 2. The number of piperidine rings is 1. The van der Waals surface area contributed by atoms with Crippen LogP contribution in [0, 0.1) is 0 Å². The summed E-state index contributed by atoms with van der Waals surface area (Å²) in [6.45, 7) is 2.19. The highest BCUT2D eigenvalue weighted by atomic mass is 16.5. The number of carbonyl (C=O) groups is 1. The summed E-state index contributed by atoms with van der Waals surface area (Å²) >= 11 is 0. The van der Waals surface area contributed by atoms with E-state index in [1.54, 1.807) is 0 Å². The van der Waals surface area contributed by atoms with Crippen LogP contribution >= 0.6 is 0 Å². The number of hydrogen-bond donors (Lipinski definition) is 0. The highest BCUT2D eigenvalue weighted by Crippen LogP contribution is 2.27. The Hall–Kier alpha value is -2.92. The summed E-state index contributed by atoms with van der Waals surface area (Å²) in [7, 11) is 0. The van der Waals surface area contributed by atoms with E-state index in [9.17, 15) is 4.79 Å². The van der Waals surface area contributed by atoms with Crippen molar-refractivity contribution in [3.05, 3.63) is 60.8 Å². The van der Waals surface area contributed by atoms with Crippen LogP contribution in [0.2, 0.25) is 0 Å². The fraction of sp³-hybridized carbons (Fsp3) is 0.360. The number of ether oxygens (including phenoxy) is 2. The minimum Gasteiger partial charge on any atom is -0.490 e. The van der Waals surface area contributed by atoms with Crippen molar-refractivity contribution in [2.75, 3.05) is 19.7 Å². The summed E-state index contributed by atoms with van der Waals surface area (Å²) in [6.07, 6.45) is 5.39. The van der Waals surface area contributed by atoms with Crippen LogP contribution in [0.3, 0.4) is 0 Å². The van der Waals surface area contributed by atoms with Crippen LogP contribution in [-0.2, 0) is 9.53 Å². The van der Waals surface area contributed by atoms with Gasteiger partial charge in [0, 0.05) is 49.7 Å². The Labute approximate surface area is 176 Å². The molecule has 0 spiro atoms. The van der Waals surface area contributed by atoms with Gasteiger partial charge < -0.3 is 14.4 Å². The SMILES string of the molecule is O=C([C@H]1CCCO1)N1CCC(Oc2ccc(-c3cnc4ccccc4c3)cc2)CC1. The van der Waals surface area contributed by atoms with Gasteiger partial charge in [0.2, 0.25) is 0 Å². The molecule has 0 radical (unpaired) electrons. The molecule has 3 aromatic rings. The number of amides is 1. The minimum absolute atomic E-state index is 0.145. The van der Waals surface area contributed by atoms with Gasteiger partial charge in [0.15, 0.2) is 0 Å². The molecule has 2 aromatic carbocycles. The Bertz CT molecular complexity index is 1020. The maximum absolute atomic E-state index is 12.5. The van der Waals surface area contributed by atoms with E-state index in [1.807, 2.05) is 41.4 Å². The third kappa shape index (κ3) is 4.03. The van der Waals surface area contributed by atoms with Crippen LogP contribution in [0.5, 0.6) is 5.75 Å². The molecule has 1 atom stereocenters. The van der Waals surface area contributed by atoms with Gasteiger partial charge in [0.1, 0.15) is 18.0 Å². The smallest absolute Gasteiger partial charge is 0.251 e. The highest BCUT2D eigenvalue weighted by Gasteiger charge is 2.31. The topological polar surface area (TPSA) is 51.7 Å². The molecular weight excluding hydrogens is 376 g/mol. The van der Waals surface area contributed by atoms with Crippen molar-refractivity contribution in [1.29, 1.82) is 0 Å². The Balaban J connectivity index is 1.19. The summed E-state index contributed by atoms with van der Waals surface area (Å²) in [6, 6.07) is 18.5. The summed E-state index contributed by atoms with van der Waals surface area (Å²) in [5, 5.41) is 1.14. The number of benzene rings is 2. The standard InChI is InChI=1S/C25H26N2O3/c28-25(24-6-3-15-29-24)27-13-11-22(12-14-27)30-21-9-7-18(8-10-21)20-16-19-4-1-2-5-23(19)26-17-20/h1-2,4-5,7-10,16-17,22,24H,3,6,11-15H2/t24-/m1/s1. The normalized spacial score (nSPS) is 19.9. The van der Waals surface area contributed by atoms with Crippen molar-refractivity contribution in [2.45, 2.75) is 37.9 Å². The Morgan fingerprint density at radius 2 is 1.80 bits per heavy atom. The molecule has 5 rings (SSSR count). The average Bonchev–Trinajstić information content (AvgIpc) is 3.34. The molecule has 5 nitrogen and oxygen atoms in total. The van der Waals surface area contributed by atoms with E-state index >= 15 is 0 Å². The second-order valence-electron chi connectivity index (χ2n) is 8.09. The van der Waals surface area contributed by atoms with E-state index in [2.05, 4.69) is 29.2 Å². The van der Waals surface area contributed by atoms with Crippen molar-refractivity contribution < 1.29 is 14.3 Å². The van der Waals surface area contributed by atoms with Crippen molar-refractivity contribution in [3.8, 4) is 16.9 Å². The highest BCUT2D eigenvalue weighted by molar-refractivity contribution is 5.83. The average molecular weight is 402 g/mol. The van der Waals surface area contributed by atoms with Gasteiger partial charge in [-0.2, -0.15) is 0 Å². The molecule has 2 saturated heterocycles. The first-order chi connectivity index (χ1) is 14.8. The largest absolute Gasteiger partial charge is 0.490 e. The van der Waals surface area contributed by atoms with Crippen molar-refractivity contribution in [1.82, 2.24) is 9.88 Å². The summed E-state index contributed by atoms with van der Waals surface area (Å²) in [4.78, 5) is 19.0. The molecule has 0 saturated carbocycles. The maximum Gasteiger partial charge on any atom is 0.251 e. The molecule has 154 valence electrons. The zero-order valence-corrected chi connectivity index (χ0v) is 17.0. The number of rotatable bonds is 4. The minimum atomic E-state index is -0.223. The van der Waals surface area contributed by atoms with E-state index in [4.69, 9.17) is 9.47 Å². The van der Waals surface area contributed by atoms with Crippen LogP contribution < -0.4 is 4.74 Å². The van der Waals surface area contributed by atoms with Crippen LogP contribution in [-0.4, -0.2) is 47.7 Å². The molecule has 1 aromatic heterocycles. The fourth-order valence-electron chi connectivity index (χ4n) is 4.32. The van der Waals surface area contributed by atoms with Crippen LogP contribution in [0.1, 0.15) is 25.7 Å². The quantitative estimate of drug-likeness (QED) is 0.647. The van der Waals surface area contributed by atoms with Gasteiger partial charge in [0.25, 0.3) is 5.91 Å². The first-order valence-electron chi connectivity index (χ1n) is 10.8. The zero-order chi connectivity index (χ0) is 20.3. The molecule has 1 amide bonds. The number of likely N-dealkylation sites (tertiary alicyclic amines) is 1. The van der Waals surface area contributed by atoms with Gasteiger partial charge in [-0.3, -0.25) is 9.78 Å². The predicted molar refractivity (Wildman–Crippen MR) is 116 cm³/mol. The molecular formula is C25H26N2O3. The van der Waals surface area contributed by atoms with E-state index in [1.165, 1.54) is 0 Å². The molecule has 2 aliphatic heterocycles. The van der Waals surface area contributed by atoms with Crippen LogP contribution in [0.15, 0.2) is 60.8 Å². The summed E-state index contributed by atoms with van der Waals surface area (Å²) < 4.78 is 11.7. The molecule has 0 N–H and O–H groups in total. The van der Waals surface area contributed by atoms with Gasteiger partial charge in [-0.05, 0) is 42.7 Å². The molecule has 2 fully saturated rings. The van der Waals surface area contributed by atoms with Crippen LogP contribution in [0.25, 0.3) is 22.0 Å². The van der Waals surface area contributed by atoms with Gasteiger partial charge in [0.05, 0.1) is 5.52 Å². The lowest BCUT2D eigenvalue weighted by atomic mass is 10.0. The number of para-hydroxylation sites is 1. The third-order valence-electron chi connectivity index (χ3n) is 6.04. The van der Waals surface area contributed by atoms with Gasteiger partial charge >= 0.3 is 0 Å². The molecule has 0 aliphatic carbocycles. The lowest BCUT2D eigenvalue weighted by Gasteiger charge is -2.33. The molecule has 0 bridgehead atoms. The maximum atomic E-state index is 12.5. The van der Waals surface area contributed by atoms with E-state index in [0.29, 0.717) is 6.61 Å². The van der Waals surface area contributed by atoms with E-state index in [-0.39, 0.29) is 18.1 Å². The monoisotopic (exact) mass is 402 g/mol. The zero-order valence-electron chi connectivity index (χ0n) is 17.0. The van der Waals surface area contributed by atoms with E-state index < -0.39 is 0 Å². The summed E-state index contributed by atoms with van der Waals surface area (Å²) in [5.41, 5.74) is 3.23. The Kier molecular flexibility index (Phi) is 5.37. The molecule has 0 unspecified atom stereocenters. The number of fused-ring (bicyclic) bond motifs is 1. The van der Waals surface area contributed by atoms with Crippen molar-refractivity contribution >= 4 is 16.8 Å². The number of carbonyl (C=O) groups excluding carboxylic acids is 1. The first-order valence-corrected chi connectivity index (χ1v) is 10.8. The fourth-order valence-corrected chi connectivity index (χ4v) is 4.32. The Morgan fingerprint density at radius 1 is 1.00 bits per heavy atom. The van der Waals surface area contributed by atoms with Crippen molar-refractivity contribution in [3.63, 3.8) is 0 Å². The molecule has 3 heterocycles. The van der Waals surface area contributed by atoms with Gasteiger partial charge in [-0.1, -0.05) is 30.3 Å². The predicted octanol–water partition coefficient (Wildman–Crippen LogP) is 4.45. The number of pyridine rings is 1. The summed E-state index contributed by atoms with van der Waals surface area (Å²) in [5.74, 6) is 1.02. The first kappa shape index (κ1) is 19.1. The third-order valence-corrected chi connectivity index (χ3v) is 6.04. The second-order valence-corrected chi connectivity index (χ2v) is 8.09. The van der Waals surface area contributed by atoms with Crippen LogP contribution in [0.4, 0.5) is 0 Å². The molecule has 2 aliphatic rings. The lowest BCUT2D eigenvalue weighted by molar-refractivity contribution is -0.142. The number of hydrogen-bond acceptors (Lipinski definition) is 4. The number of aromatic nitrogens is 1. The molecule has 30 heavy (non-hydrogen) atoms. The Morgan fingerprint density at radius 3 is 2.57 bits per heavy atom. The van der Waals surface area contributed by atoms with Crippen molar-refractivity contribution in [2.24, 2.45) is 0 Å². The lowest BCUT2D eigenvalue weighted by Crippen LogP contribution is -2.45. The molecule has 5 heteroatoms.